The van der Waals surface area contributed by atoms with Crippen LogP contribution in [0, 0.1) is 6.92 Å². The molecule has 1 N–H and O–H groups in total. The second-order valence-electron chi connectivity index (χ2n) is 7.30. The first kappa shape index (κ1) is 21.6. The zero-order valence-electron chi connectivity index (χ0n) is 17.2. The molecule has 0 bridgehead atoms. The van der Waals surface area contributed by atoms with Crippen LogP contribution in [-0.4, -0.2) is 59.5 Å². The maximum Gasteiger partial charge on any atom is 0.255 e. The number of carbonyl (C=O) groups excluding carboxylic acids is 2. The van der Waals surface area contributed by atoms with Crippen molar-refractivity contribution in [2.75, 3.05) is 38.0 Å². The summed E-state index contributed by atoms with van der Waals surface area (Å²) in [5, 5.41) is 8.58. The molecule has 9 heteroatoms. The highest BCUT2D eigenvalue weighted by molar-refractivity contribution is 7.98. The van der Waals surface area contributed by atoms with Crippen molar-refractivity contribution < 1.29 is 14.1 Å². The molecule has 31 heavy (non-hydrogen) atoms. The molecule has 3 aromatic rings. The highest BCUT2D eigenvalue weighted by atomic mass is 32.2. The fourth-order valence-corrected chi connectivity index (χ4v) is 5.22. The zero-order valence-corrected chi connectivity index (χ0v) is 18.9. The molecule has 0 unspecified atom stereocenters. The number of hydrogen-bond acceptors (Lipinski definition) is 7. The van der Waals surface area contributed by atoms with Crippen LogP contribution in [0.3, 0.4) is 0 Å². The molecule has 1 aliphatic heterocycles. The number of carbonyl (C=O) groups is 2. The Morgan fingerprint density at radius 3 is 2.68 bits per heavy atom. The molecule has 1 fully saturated rings. The van der Waals surface area contributed by atoms with Crippen molar-refractivity contribution >= 4 is 40.7 Å². The molecule has 2 aromatic heterocycles. The van der Waals surface area contributed by atoms with Crippen molar-refractivity contribution in [3.05, 3.63) is 64.0 Å². The largest absolute Gasteiger partial charge is 0.360 e. The second-order valence-corrected chi connectivity index (χ2v) is 9.35. The van der Waals surface area contributed by atoms with Gasteiger partial charge in [0.15, 0.2) is 5.82 Å². The van der Waals surface area contributed by atoms with Gasteiger partial charge in [-0.15, -0.1) is 23.1 Å². The average Bonchev–Trinajstić information content (AvgIpc) is 3.44. The topological polar surface area (TPSA) is 78.7 Å². The third-order valence-corrected chi connectivity index (χ3v) is 7.17. The van der Waals surface area contributed by atoms with Crippen molar-refractivity contribution in [3.8, 4) is 0 Å². The minimum absolute atomic E-state index is 0.0523. The molecule has 1 saturated heterocycles. The molecule has 7 nitrogen and oxygen atoms in total. The molecule has 162 valence electrons. The van der Waals surface area contributed by atoms with E-state index in [0.29, 0.717) is 37.8 Å². The number of aryl methyl sites for hydroxylation is 1. The van der Waals surface area contributed by atoms with Gasteiger partial charge in [0.1, 0.15) is 5.76 Å². The lowest BCUT2D eigenvalue weighted by molar-refractivity contribution is -0.117. The van der Waals surface area contributed by atoms with Crippen LogP contribution in [0.5, 0.6) is 0 Å². The number of piperazine rings is 1. The molecule has 3 heterocycles. The van der Waals surface area contributed by atoms with E-state index in [9.17, 15) is 9.59 Å². The summed E-state index contributed by atoms with van der Waals surface area (Å²) < 4.78 is 4.96. The number of rotatable bonds is 7. The Hall–Kier alpha value is -2.62. The van der Waals surface area contributed by atoms with E-state index in [1.54, 1.807) is 36.1 Å². The van der Waals surface area contributed by atoms with Gasteiger partial charge < -0.3 is 14.7 Å². The molecular formula is C22H24N4O3S2. The predicted molar refractivity (Wildman–Crippen MR) is 123 cm³/mol. The number of amides is 2. The summed E-state index contributed by atoms with van der Waals surface area (Å²) in [6.45, 7) is 4.54. The lowest BCUT2D eigenvalue weighted by atomic mass is 10.2. The zero-order chi connectivity index (χ0) is 21.6. The minimum Gasteiger partial charge on any atom is -0.360 e. The van der Waals surface area contributed by atoms with Gasteiger partial charge in [-0.3, -0.25) is 14.5 Å². The number of hydrogen-bond donors (Lipinski definition) is 1. The Morgan fingerprint density at radius 1 is 1.16 bits per heavy atom. The summed E-state index contributed by atoms with van der Waals surface area (Å²) in [6.07, 6.45) is 0. The van der Waals surface area contributed by atoms with Gasteiger partial charge in [0.25, 0.3) is 5.91 Å². The Kier molecular flexibility index (Phi) is 7.06. The molecule has 0 atom stereocenters. The molecule has 0 spiro atoms. The van der Waals surface area contributed by atoms with Crippen LogP contribution in [0.15, 0.2) is 57.3 Å². The van der Waals surface area contributed by atoms with Gasteiger partial charge in [0, 0.05) is 47.8 Å². The van der Waals surface area contributed by atoms with E-state index in [2.05, 4.69) is 21.9 Å². The number of benzene rings is 1. The Bertz CT molecular complexity index is 1030. The molecule has 4 rings (SSSR count). The van der Waals surface area contributed by atoms with Crippen molar-refractivity contribution in [1.82, 2.24) is 15.0 Å². The molecular weight excluding hydrogens is 432 g/mol. The lowest BCUT2D eigenvalue weighted by Gasteiger charge is -2.34. The Labute approximate surface area is 189 Å². The van der Waals surface area contributed by atoms with Gasteiger partial charge in [0.2, 0.25) is 5.91 Å². The Morgan fingerprint density at radius 2 is 1.97 bits per heavy atom. The molecule has 1 aromatic carbocycles. The monoisotopic (exact) mass is 456 g/mol. The van der Waals surface area contributed by atoms with E-state index in [1.165, 1.54) is 4.88 Å². The van der Waals surface area contributed by atoms with E-state index < -0.39 is 0 Å². The van der Waals surface area contributed by atoms with Crippen molar-refractivity contribution in [1.29, 1.82) is 0 Å². The fourth-order valence-electron chi connectivity index (χ4n) is 3.40. The van der Waals surface area contributed by atoms with Crippen molar-refractivity contribution in [2.24, 2.45) is 0 Å². The van der Waals surface area contributed by atoms with Gasteiger partial charge in [-0.05, 0) is 30.5 Å². The number of thiophene rings is 1. The van der Waals surface area contributed by atoms with E-state index in [-0.39, 0.29) is 18.4 Å². The quantitative estimate of drug-likeness (QED) is 0.546. The van der Waals surface area contributed by atoms with Crippen LogP contribution in [-0.2, 0) is 10.5 Å². The summed E-state index contributed by atoms with van der Waals surface area (Å²) in [4.78, 5) is 31.6. The lowest BCUT2D eigenvalue weighted by Crippen LogP contribution is -2.50. The summed E-state index contributed by atoms with van der Waals surface area (Å²) in [5.74, 6) is 1.85. The van der Waals surface area contributed by atoms with Gasteiger partial charge in [-0.2, -0.15) is 0 Å². The van der Waals surface area contributed by atoms with E-state index >= 15 is 0 Å². The third-order valence-electron chi connectivity index (χ3n) is 4.99. The number of nitrogens with one attached hydrogen (secondary N) is 1. The van der Waals surface area contributed by atoms with Crippen LogP contribution >= 0.6 is 23.1 Å². The number of aromatic nitrogens is 1. The van der Waals surface area contributed by atoms with Crippen LogP contribution in [0.4, 0.5) is 5.82 Å². The van der Waals surface area contributed by atoms with E-state index in [4.69, 9.17) is 4.52 Å². The van der Waals surface area contributed by atoms with Crippen LogP contribution in [0.2, 0.25) is 0 Å². The van der Waals surface area contributed by atoms with Gasteiger partial charge in [-0.25, -0.2) is 0 Å². The molecule has 1 aliphatic rings. The highest BCUT2D eigenvalue weighted by Gasteiger charge is 2.25. The smallest absolute Gasteiger partial charge is 0.255 e. The third kappa shape index (κ3) is 5.75. The van der Waals surface area contributed by atoms with Crippen LogP contribution in [0.25, 0.3) is 0 Å². The van der Waals surface area contributed by atoms with Crippen LogP contribution < -0.4 is 5.32 Å². The molecule has 2 amide bonds. The first-order valence-corrected chi connectivity index (χ1v) is 11.9. The summed E-state index contributed by atoms with van der Waals surface area (Å²) in [7, 11) is 0. The first-order valence-electron chi connectivity index (χ1n) is 10.1. The van der Waals surface area contributed by atoms with Crippen molar-refractivity contribution in [2.45, 2.75) is 17.6 Å². The fraction of sp³-hybridized carbons (Fsp3) is 0.318. The summed E-state index contributed by atoms with van der Waals surface area (Å²) in [5.41, 5.74) is 0.747. The van der Waals surface area contributed by atoms with Crippen molar-refractivity contribution in [3.63, 3.8) is 0 Å². The number of thioether (sulfide) groups is 1. The highest BCUT2D eigenvalue weighted by Crippen LogP contribution is 2.29. The second kappa shape index (κ2) is 10.1. The van der Waals surface area contributed by atoms with E-state index in [0.717, 1.165) is 16.2 Å². The van der Waals surface area contributed by atoms with Gasteiger partial charge >= 0.3 is 0 Å². The standard InChI is InChI=1S/C22H24N4O3S2/c1-16-13-20(24-29-16)23-21(27)14-25-8-10-26(11-9-25)22(28)18-6-2-3-7-19(18)31-15-17-5-4-12-30-17/h2-7,12-13H,8-11,14-15H2,1H3,(H,23,24,27). The van der Waals surface area contributed by atoms with Crippen LogP contribution in [0.1, 0.15) is 21.0 Å². The number of nitrogens with zero attached hydrogens (tertiary/aromatic N) is 3. The van der Waals surface area contributed by atoms with E-state index in [1.807, 2.05) is 40.1 Å². The number of anilines is 1. The maximum absolute atomic E-state index is 13.2. The average molecular weight is 457 g/mol. The first-order chi connectivity index (χ1) is 15.1. The van der Waals surface area contributed by atoms with Gasteiger partial charge in [0.05, 0.1) is 12.1 Å². The minimum atomic E-state index is -0.136. The van der Waals surface area contributed by atoms with Gasteiger partial charge in [-0.1, -0.05) is 23.4 Å². The SMILES string of the molecule is Cc1cc(NC(=O)CN2CCN(C(=O)c3ccccc3SCc3cccs3)CC2)no1. The maximum atomic E-state index is 13.2. The predicted octanol–water partition coefficient (Wildman–Crippen LogP) is 3.73. The Balaban J connectivity index is 1.29. The molecule has 0 saturated carbocycles. The summed E-state index contributed by atoms with van der Waals surface area (Å²) >= 11 is 3.42. The normalized spacial score (nSPS) is 14.5. The molecule has 0 radical (unpaired) electrons. The molecule has 0 aliphatic carbocycles. The summed E-state index contributed by atoms with van der Waals surface area (Å²) in [6, 6.07) is 13.6.